The van der Waals surface area contributed by atoms with E-state index < -0.39 is 20.4 Å². The van der Waals surface area contributed by atoms with Gasteiger partial charge in [-0.3, -0.25) is 0 Å². The zero-order valence-electron chi connectivity index (χ0n) is 10.6. The van der Waals surface area contributed by atoms with Gasteiger partial charge in [0, 0.05) is 0 Å². The summed E-state index contributed by atoms with van der Waals surface area (Å²) in [6.45, 7) is 3.89. The summed E-state index contributed by atoms with van der Waals surface area (Å²) in [5, 5.41) is 1.12. The Labute approximate surface area is 102 Å². The van der Waals surface area contributed by atoms with Gasteiger partial charge in [-0.2, -0.15) is 0 Å². The molecule has 2 saturated heterocycles. The fraction of sp³-hybridized carbons (Fsp3) is 1.00. The summed E-state index contributed by atoms with van der Waals surface area (Å²) in [5.74, 6) is -0.506. The molecule has 0 aromatic heterocycles. The van der Waals surface area contributed by atoms with Gasteiger partial charge in [-0.15, -0.1) is 0 Å². The van der Waals surface area contributed by atoms with Crippen LogP contribution in [0.5, 0.6) is 0 Å². The van der Waals surface area contributed by atoms with Gasteiger partial charge in [0.1, 0.15) is 0 Å². The molecular formula is C11H21AsO4. The molecule has 0 spiro atoms. The average molecular weight is 292 g/mol. The van der Waals surface area contributed by atoms with Crippen LogP contribution in [0, 0.1) is 0 Å². The van der Waals surface area contributed by atoms with Crippen LogP contribution >= 0.6 is 0 Å². The normalized spacial score (nSPS) is 41.6. The summed E-state index contributed by atoms with van der Waals surface area (Å²) in [7, 11) is 1.66. The van der Waals surface area contributed by atoms with Crippen LogP contribution in [0.1, 0.15) is 13.8 Å². The van der Waals surface area contributed by atoms with Crippen LogP contribution in [0.3, 0.4) is 0 Å². The topological polar surface area (TPSA) is 36.9 Å². The summed E-state index contributed by atoms with van der Waals surface area (Å²) >= 11 is -0.736. The first kappa shape index (κ1) is 12.8. The van der Waals surface area contributed by atoms with Crippen LogP contribution in [0.2, 0.25) is 16.6 Å². The Morgan fingerprint density at radius 3 is 2.38 bits per heavy atom. The number of hydrogen-bond acceptors (Lipinski definition) is 4. The Morgan fingerprint density at radius 1 is 1.19 bits per heavy atom. The molecule has 2 heterocycles. The fourth-order valence-corrected chi connectivity index (χ4v) is 4.47. The third kappa shape index (κ3) is 2.46. The van der Waals surface area contributed by atoms with E-state index in [0.29, 0.717) is 0 Å². The van der Waals surface area contributed by atoms with Crippen molar-refractivity contribution >= 4 is 14.7 Å². The van der Waals surface area contributed by atoms with E-state index in [1.54, 1.807) is 7.11 Å². The van der Waals surface area contributed by atoms with Gasteiger partial charge < -0.3 is 0 Å². The molecule has 0 aliphatic carbocycles. The molecule has 0 saturated carbocycles. The third-order valence-corrected chi connectivity index (χ3v) is 5.17. The van der Waals surface area contributed by atoms with Crippen LogP contribution in [0.25, 0.3) is 0 Å². The zero-order valence-corrected chi connectivity index (χ0v) is 12.5. The van der Waals surface area contributed by atoms with Gasteiger partial charge in [0.2, 0.25) is 0 Å². The Balaban J connectivity index is 2.08. The van der Waals surface area contributed by atoms with E-state index in [2.05, 4.69) is 11.4 Å². The van der Waals surface area contributed by atoms with Gasteiger partial charge in [0.15, 0.2) is 0 Å². The molecule has 0 N–H and O–H groups in total. The first-order chi connectivity index (χ1) is 7.43. The maximum atomic E-state index is 5.91. The second-order valence-corrected chi connectivity index (χ2v) is 10.4. The molecule has 2 fully saturated rings. The Kier molecular flexibility index (Phi) is 3.68. The van der Waals surface area contributed by atoms with E-state index in [1.165, 1.54) is 0 Å². The van der Waals surface area contributed by atoms with Gasteiger partial charge >= 0.3 is 102 Å². The Morgan fingerprint density at radius 2 is 1.81 bits per heavy atom. The van der Waals surface area contributed by atoms with E-state index in [9.17, 15) is 0 Å². The van der Waals surface area contributed by atoms with E-state index >= 15 is 0 Å². The molecule has 0 aromatic rings. The molecule has 4 atom stereocenters. The molecule has 94 valence electrons. The molecule has 0 bridgehead atoms. The number of rotatable bonds is 3. The SMILES string of the molecule is CO[C@@H]1O[C@H](C[As](C)C)[C@H]2OC(C)(C)O[C@@H]12. The predicted octanol–water partition coefficient (Wildman–Crippen LogP) is 1.63. The second-order valence-electron chi connectivity index (χ2n) is 5.11. The average Bonchev–Trinajstić information content (AvgIpc) is 2.60. The van der Waals surface area contributed by atoms with Crippen molar-refractivity contribution in [3.05, 3.63) is 0 Å². The summed E-state index contributed by atoms with van der Waals surface area (Å²) in [6, 6.07) is 0. The molecule has 5 heteroatoms. The van der Waals surface area contributed by atoms with E-state index in [0.717, 1.165) is 5.21 Å². The Bertz CT molecular complexity index is 256. The Hall–Kier alpha value is 0.398. The first-order valence-corrected chi connectivity index (χ1v) is 10.7. The first-order valence-electron chi connectivity index (χ1n) is 5.61. The van der Waals surface area contributed by atoms with Crippen LogP contribution in [-0.4, -0.2) is 52.2 Å². The van der Waals surface area contributed by atoms with Gasteiger partial charge in [-0.1, -0.05) is 0 Å². The number of ether oxygens (including phenoxy) is 4. The molecule has 16 heavy (non-hydrogen) atoms. The molecular weight excluding hydrogens is 271 g/mol. The third-order valence-electron chi connectivity index (χ3n) is 2.88. The quantitative estimate of drug-likeness (QED) is 0.741. The van der Waals surface area contributed by atoms with Crippen molar-refractivity contribution in [1.29, 1.82) is 0 Å². The van der Waals surface area contributed by atoms with Crippen molar-refractivity contribution in [2.45, 2.75) is 60.9 Å². The van der Waals surface area contributed by atoms with Crippen LogP contribution < -0.4 is 0 Å². The van der Waals surface area contributed by atoms with Gasteiger partial charge in [0.05, 0.1) is 0 Å². The van der Waals surface area contributed by atoms with Crippen molar-refractivity contribution in [1.82, 2.24) is 0 Å². The van der Waals surface area contributed by atoms with E-state index in [4.69, 9.17) is 18.9 Å². The molecule has 4 nitrogen and oxygen atoms in total. The van der Waals surface area contributed by atoms with Crippen molar-refractivity contribution in [2.75, 3.05) is 7.11 Å². The van der Waals surface area contributed by atoms with E-state index in [1.807, 2.05) is 13.8 Å². The van der Waals surface area contributed by atoms with E-state index in [-0.39, 0.29) is 24.6 Å². The molecule has 2 aliphatic rings. The molecule has 0 unspecified atom stereocenters. The molecule has 2 aliphatic heterocycles. The van der Waals surface area contributed by atoms with Gasteiger partial charge in [-0.05, 0) is 0 Å². The number of methoxy groups -OCH3 is 1. The number of hydrogen-bond donors (Lipinski definition) is 0. The maximum absolute atomic E-state index is 5.91. The second kappa shape index (κ2) is 4.58. The van der Waals surface area contributed by atoms with Crippen LogP contribution in [0.15, 0.2) is 0 Å². The van der Waals surface area contributed by atoms with Gasteiger partial charge in [-0.25, -0.2) is 0 Å². The minimum atomic E-state index is -0.736. The molecule has 0 radical (unpaired) electrons. The molecule has 0 amide bonds. The molecule has 2 rings (SSSR count). The summed E-state index contributed by atoms with van der Waals surface area (Å²) in [6.07, 6.45) is -0.159. The predicted molar refractivity (Wildman–Crippen MR) is 61.8 cm³/mol. The van der Waals surface area contributed by atoms with Gasteiger partial charge in [0.25, 0.3) is 0 Å². The standard InChI is InChI=1S/C11H21AsO4/c1-11(2)15-8-7(6-12(3)4)14-10(13-5)9(8)16-11/h7-10H,6H2,1-5H3/t7-,8-,9-,10-/m1/s1. The van der Waals surface area contributed by atoms with Crippen molar-refractivity contribution in [2.24, 2.45) is 0 Å². The summed E-state index contributed by atoms with van der Waals surface area (Å²) < 4.78 is 22.9. The monoisotopic (exact) mass is 292 g/mol. The minimum absolute atomic E-state index is 0.0386. The molecule has 0 aromatic carbocycles. The summed E-state index contributed by atoms with van der Waals surface area (Å²) in [5.41, 5.74) is 4.65. The zero-order chi connectivity index (χ0) is 11.9. The summed E-state index contributed by atoms with van der Waals surface area (Å²) in [4.78, 5) is 0. The van der Waals surface area contributed by atoms with Crippen LogP contribution in [0.4, 0.5) is 0 Å². The van der Waals surface area contributed by atoms with Crippen molar-refractivity contribution in [3.63, 3.8) is 0 Å². The fourth-order valence-electron chi connectivity index (χ4n) is 2.34. The van der Waals surface area contributed by atoms with Crippen molar-refractivity contribution < 1.29 is 18.9 Å². The van der Waals surface area contributed by atoms with Crippen molar-refractivity contribution in [3.8, 4) is 0 Å². The number of fused-ring (bicyclic) bond motifs is 1. The van der Waals surface area contributed by atoms with Crippen LogP contribution in [-0.2, 0) is 18.9 Å².